The molecule has 0 saturated heterocycles. The van der Waals surface area contributed by atoms with Crippen LogP contribution in [0.15, 0.2) is 108 Å². The Hall–Kier alpha value is -6.94. The van der Waals surface area contributed by atoms with Crippen molar-refractivity contribution in [2.75, 3.05) is 37.8 Å². The number of nitrogens with zero attached hydrogens (tertiary/aromatic N) is 8. The molecule has 6 aromatic rings. The van der Waals surface area contributed by atoms with Gasteiger partial charge in [-0.3, -0.25) is 15.5 Å². The van der Waals surface area contributed by atoms with E-state index >= 15 is 4.39 Å². The van der Waals surface area contributed by atoms with E-state index in [1.807, 2.05) is 42.3 Å². The van der Waals surface area contributed by atoms with E-state index in [1.165, 1.54) is 36.9 Å². The number of ether oxygens (including phenoxy) is 1. The molecule has 3 aromatic carbocycles. The molecule has 0 spiro atoms. The number of hydrogen-bond acceptors (Lipinski definition) is 11. The zero-order valence-electron chi connectivity index (χ0n) is 29.6. The molecule has 14 nitrogen and oxygen atoms in total. The summed E-state index contributed by atoms with van der Waals surface area (Å²) in [5.74, 6) is -0.652. The third-order valence-electron chi connectivity index (χ3n) is 9.15. The van der Waals surface area contributed by atoms with Crippen LogP contribution < -0.4 is 15.8 Å². The van der Waals surface area contributed by atoms with E-state index in [4.69, 9.17) is 15.9 Å². The predicted octanol–water partition coefficient (Wildman–Crippen LogP) is 6.49. The molecule has 1 aliphatic rings. The molecule has 1 aliphatic carbocycles. The second kappa shape index (κ2) is 16.0. The summed E-state index contributed by atoms with van der Waals surface area (Å²) >= 11 is 0. The van der Waals surface area contributed by atoms with Gasteiger partial charge in [0, 0.05) is 61.6 Å². The van der Waals surface area contributed by atoms with E-state index in [2.05, 4.69) is 30.4 Å². The largest absolute Gasteiger partial charge is 0.485 e. The molecule has 0 amide bonds. The molecule has 3 heterocycles. The maximum Gasteiger partial charge on any atom is 0.311 e. The van der Waals surface area contributed by atoms with E-state index in [0.717, 1.165) is 17.5 Å². The van der Waals surface area contributed by atoms with Crippen molar-refractivity contribution in [3.63, 3.8) is 0 Å². The van der Waals surface area contributed by atoms with Crippen LogP contribution in [0.1, 0.15) is 16.7 Å². The highest BCUT2D eigenvalue weighted by Crippen LogP contribution is 2.35. The Morgan fingerprint density at radius 1 is 1.05 bits per heavy atom. The fraction of sp³-hybridized carbons (Fsp3) is 0.179. The van der Waals surface area contributed by atoms with Crippen molar-refractivity contribution < 1.29 is 18.4 Å². The topological polar surface area (TPSA) is 186 Å². The van der Waals surface area contributed by atoms with Crippen molar-refractivity contribution in [2.24, 2.45) is 10.9 Å². The maximum absolute atomic E-state index is 15.3. The average Bonchev–Trinajstić information content (AvgIpc) is 3.63. The Morgan fingerprint density at radius 2 is 1.87 bits per heavy atom. The quantitative estimate of drug-likeness (QED) is 0.0366. The molecule has 16 heteroatoms. The van der Waals surface area contributed by atoms with Crippen molar-refractivity contribution in [2.45, 2.75) is 12.8 Å². The predicted molar refractivity (Wildman–Crippen MR) is 206 cm³/mol. The zero-order chi connectivity index (χ0) is 38.5. The Morgan fingerprint density at radius 3 is 2.67 bits per heavy atom. The number of nitro benzene ring substituents is 1. The number of pyridine rings is 1. The van der Waals surface area contributed by atoms with Gasteiger partial charge in [0.05, 0.1) is 21.5 Å². The highest BCUT2D eigenvalue weighted by molar-refractivity contribution is 6.03. The van der Waals surface area contributed by atoms with Crippen LogP contribution in [0.2, 0.25) is 0 Å². The standard InChI is InChI=1S/C39H35F2N11O3/c1-50(20-28-3-2-24(14-34(28)44-21-42)12-26-4-6-29(43)16-32(26)40)10-11-55-37-19-35-31(18-36(37)52(53)54)39(47-22-45-35)49-30-7-5-27(33(41)17-30)13-25-8-9-51-38(15-25)46-23-48-51/h2-9,14-19,21-23,28,42H,10-13,20,43H2,1H3,(H,45,47,49). The Bertz CT molecular complexity index is 2520. The monoisotopic (exact) mass is 743 g/mol. The average molecular weight is 744 g/mol. The number of rotatable bonds is 14. The third-order valence-corrected chi connectivity index (χ3v) is 9.15. The van der Waals surface area contributed by atoms with Gasteiger partial charge in [0.2, 0.25) is 0 Å². The van der Waals surface area contributed by atoms with Gasteiger partial charge in [0.25, 0.3) is 0 Å². The van der Waals surface area contributed by atoms with Gasteiger partial charge in [-0.15, -0.1) is 0 Å². The van der Waals surface area contributed by atoms with E-state index in [1.54, 1.807) is 35.0 Å². The smallest absolute Gasteiger partial charge is 0.311 e. The second-order valence-corrected chi connectivity index (χ2v) is 13.0. The zero-order valence-corrected chi connectivity index (χ0v) is 29.6. The van der Waals surface area contributed by atoms with Crippen LogP contribution in [0, 0.1) is 33.1 Å². The van der Waals surface area contributed by atoms with Crippen LogP contribution in [0.25, 0.3) is 16.6 Å². The summed E-state index contributed by atoms with van der Waals surface area (Å²) in [4.78, 5) is 30.6. The Kier molecular flexibility index (Phi) is 10.6. The Labute approximate surface area is 313 Å². The number of hydrogen-bond donors (Lipinski definition) is 3. The minimum Gasteiger partial charge on any atom is -0.485 e. The molecule has 0 saturated carbocycles. The molecule has 0 radical (unpaired) electrons. The van der Waals surface area contributed by atoms with Crippen LogP contribution in [-0.4, -0.2) is 73.2 Å². The van der Waals surface area contributed by atoms with Crippen LogP contribution in [0.3, 0.4) is 0 Å². The SMILES string of the molecule is CN(CCOc1cc2ncnc(Nc3ccc(Cc4ccn5ncnc5c4)c(F)c3)c2cc1[N+](=O)[O-])CC1C=CC(Cc2ccc(N)cc2F)=CC1=NC=N. The van der Waals surface area contributed by atoms with Crippen LogP contribution in [-0.2, 0) is 12.8 Å². The van der Waals surface area contributed by atoms with Gasteiger partial charge in [-0.1, -0.05) is 24.3 Å². The molecule has 278 valence electrons. The van der Waals surface area contributed by atoms with Gasteiger partial charge < -0.3 is 20.7 Å². The van der Waals surface area contributed by atoms with Crippen molar-refractivity contribution in [3.8, 4) is 5.75 Å². The number of nitrogen functional groups attached to an aromatic ring is 1. The van der Waals surface area contributed by atoms with Crippen LogP contribution in [0.4, 0.5) is 31.7 Å². The number of nitro groups is 1. The van der Waals surface area contributed by atoms with Gasteiger partial charge >= 0.3 is 5.69 Å². The number of nitrogens with two attached hydrogens (primary N) is 1. The first-order valence-corrected chi connectivity index (χ1v) is 17.2. The van der Waals surface area contributed by atoms with Crippen LogP contribution >= 0.6 is 0 Å². The number of anilines is 3. The van der Waals surface area contributed by atoms with Crippen molar-refractivity contribution in [3.05, 3.63) is 142 Å². The van der Waals surface area contributed by atoms with E-state index in [9.17, 15) is 14.5 Å². The molecule has 0 aliphatic heterocycles. The Balaban J connectivity index is 0.991. The van der Waals surface area contributed by atoms with E-state index < -0.39 is 10.7 Å². The molecular formula is C39H35F2N11O3. The van der Waals surface area contributed by atoms with Gasteiger partial charge in [0.1, 0.15) is 43.1 Å². The number of likely N-dealkylation sites (N-methyl/N-ethyl adjacent to an activating group) is 1. The molecule has 0 bridgehead atoms. The molecule has 1 unspecified atom stereocenters. The van der Waals surface area contributed by atoms with E-state index in [-0.39, 0.29) is 35.6 Å². The second-order valence-electron chi connectivity index (χ2n) is 13.0. The first-order chi connectivity index (χ1) is 26.6. The molecule has 1 atom stereocenters. The number of benzene rings is 3. The molecule has 55 heavy (non-hydrogen) atoms. The number of aliphatic imine (C=N–C) groups is 1. The molecule has 4 N–H and O–H groups in total. The normalized spacial score (nSPS) is 14.8. The number of fused-ring (bicyclic) bond motifs is 2. The lowest BCUT2D eigenvalue weighted by molar-refractivity contribution is -0.385. The number of allylic oxidation sites excluding steroid dienone is 3. The van der Waals surface area contributed by atoms with Crippen molar-refractivity contribution in [1.29, 1.82) is 5.41 Å². The van der Waals surface area contributed by atoms with Gasteiger partial charge in [0.15, 0.2) is 11.4 Å². The number of aromatic nitrogens is 5. The van der Waals surface area contributed by atoms with Gasteiger partial charge in [-0.05, 0) is 71.8 Å². The highest BCUT2D eigenvalue weighted by Gasteiger charge is 2.22. The number of halogens is 2. The fourth-order valence-corrected chi connectivity index (χ4v) is 6.34. The molecule has 0 fully saturated rings. The summed E-state index contributed by atoms with van der Waals surface area (Å²) in [5, 5.41) is 27.2. The van der Waals surface area contributed by atoms with Gasteiger partial charge in [-0.2, -0.15) is 5.10 Å². The number of nitrogens with one attached hydrogen (secondary N) is 2. The lowest BCUT2D eigenvalue weighted by Crippen LogP contribution is -2.33. The van der Waals surface area contributed by atoms with Gasteiger partial charge in [-0.25, -0.2) is 33.2 Å². The maximum atomic E-state index is 15.3. The summed E-state index contributed by atoms with van der Waals surface area (Å²) < 4.78 is 37.2. The fourth-order valence-electron chi connectivity index (χ4n) is 6.34. The third kappa shape index (κ3) is 8.49. The van der Waals surface area contributed by atoms with Crippen molar-refractivity contribution in [1.82, 2.24) is 29.5 Å². The minimum absolute atomic E-state index is 0.0429. The summed E-state index contributed by atoms with van der Waals surface area (Å²) in [6.45, 7) is 1.06. The molecule has 7 rings (SSSR count). The lowest BCUT2D eigenvalue weighted by atomic mass is 9.91. The first kappa shape index (κ1) is 36.4. The van der Waals surface area contributed by atoms with Crippen LogP contribution in [0.5, 0.6) is 5.75 Å². The summed E-state index contributed by atoms with van der Waals surface area (Å²) in [6, 6.07) is 15.9. The lowest BCUT2D eigenvalue weighted by Gasteiger charge is -2.24. The summed E-state index contributed by atoms with van der Waals surface area (Å²) in [7, 11) is 1.88. The first-order valence-electron chi connectivity index (χ1n) is 17.2. The minimum atomic E-state index is -0.534. The summed E-state index contributed by atoms with van der Waals surface area (Å²) in [5.41, 5.74) is 10.6. The highest BCUT2D eigenvalue weighted by atomic mass is 19.1. The van der Waals surface area contributed by atoms with Crippen molar-refractivity contribution >= 4 is 51.5 Å². The van der Waals surface area contributed by atoms with E-state index in [0.29, 0.717) is 70.7 Å². The molecular weight excluding hydrogens is 708 g/mol. The molecule has 3 aromatic heterocycles. The summed E-state index contributed by atoms with van der Waals surface area (Å²) in [6.07, 6.45) is 12.0.